The lowest BCUT2D eigenvalue weighted by Gasteiger charge is -2.14. The summed E-state index contributed by atoms with van der Waals surface area (Å²) in [5.41, 5.74) is 0. The van der Waals surface area contributed by atoms with Gasteiger partial charge in [0.05, 0.1) is 17.1 Å². The van der Waals surface area contributed by atoms with Crippen LogP contribution in [-0.2, 0) is 14.3 Å². The average molecular weight is 244 g/mol. The van der Waals surface area contributed by atoms with E-state index in [1.54, 1.807) is 32.0 Å². The van der Waals surface area contributed by atoms with Gasteiger partial charge in [-0.05, 0) is 26.0 Å². The Kier molecular flexibility index (Phi) is 4.46. The lowest BCUT2D eigenvalue weighted by atomic mass is 10.2. The molecule has 0 spiro atoms. The third-order valence-corrected chi connectivity index (χ3v) is 3.43. The quantitative estimate of drug-likeness (QED) is 0.798. The van der Waals surface area contributed by atoms with Crippen LogP contribution in [0, 0.1) is 0 Å². The molecule has 1 N–H and O–H groups in total. The number of hydrogen-bond donors (Lipinski definition) is 1. The van der Waals surface area contributed by atoms with E-state index in [9.17, 15) is 8.42 Å². The van der Waals surface area contributed by atoms with Gasteiger partial charge in [-0.3, -0.25) is 4.18 Å². The van der Waals surface area contributed by atoms with Crippen molar-refractivity contribution in [2.24, 2.45) is 0 Å². The van der Waals surface area contributed by atoms with Gasteiger partial charge < -0.3 is 5.11 Å². The molecular weight excluding hydrogens is 228 g/mol. The summed E-state index contributed by atoms with van der Waals surface area (Å²) >= 11 is 0. The Balaban J connectivity index is 2.73. The van der Waals surface area contributed by atoms with Gasteiger partial charge in [0.2, 0.25) is 0 Å². The van der Waals surface area contributed by atoms with Crippen LogP contribution in [0.5, 0.6) is 0 Å². The molecule has 0 fully saturated rings. The minimum Gasteiger partial charge on any atom is -0.393 e. The van der Waals surface area contributed by atoms with Crippen LogP contribution in [0.4, 0.5) is 0 Å². The van der Waals surface area contributed by atoms with Crippen molar-refractivity contribution in [2.75, 3.05) is 0 Å². The minimum absolute atomic E-state index is 0.132. The second-order valence-electron chi connectivity index (χ2n) is 3.76. The first kappa shape index (κ1) is 13.2. The van der Waals surface area contributed by atoms with E-state index < -0.39 is 22.3 Å². The maximum absolute atomic E-state index is 11.7. The zero-order chi connectivity index (χ0) is 12.2. The first-order chi connectivity index (χ1) is 7.42. The molecular formula is C11H16O4S. The Morgan fingerprint density at radius 2 is 1.81 bits per heavy atom. The van der Waals surface area contributed by atoms with Gasteiger partial charge >= 0.3 is 0 Å². The summed E-state index contributed by atoms with van der Waals surface area (Å²) in [5.74, 6) is 0. The summed E-state index contributed by atoms with van der Waals surface area (Å²) in [4.78, 5) is 0.132. The molecule has 5 heteroatoms. The highest BCUT2D eigenvalue weighted by Crippen LogP contribution is 2.15. The highest BCUT2D eigenvalue weighted by Gasteiger charge is 2.19. The summed E-state index contributed by atoms with van der Waals surface area (Å²) in [6, 6.07) is 7.96. The molecule has 1 rings (SSSR count). The monoisotopic (exact) mass is 244 g/mol. The number of aliphatic hydroxyl groups is 1. The Morgan fingerprint density at radius 1 is 1.25 bits per heavy atom. The third kappa shape index (κ3) is 3.92. The van der Waals surface area contributed by atoms with Crippen molar-refractivity contribution >= 4 is 10.1 Å². The number of hydrogen-bond acceptors (Lipinski definition) is 4. The van der Waals surface area contributed by atoms with Crippen molar-refractivity contribution in [1.29, 1.82) is 0 Å². The van der Waals surface area contributed by atoms with E-state index >= 15 is 0 Å². The molecule has 2 unspecified atom stereocenters. The predicted molar refractivity (Wildman–Crippen MR) is 60.5 cm³/mol. The molecule has 0 amide bonds. The maximum Gasteiger partial charge on any atom is 0.297 e. The van der Waals surface area contributed by atoms with Crippen molar-refractivity contribution in [3.8, 4) is 0 Å². The number of rotatable bonds is 5. The molecule has 4 nitrogen and oxygen atoms in total. The Hall–Kier alpha value is -0.910. The zero-order valence-electron chi connectivity index (χ0n) is 9.33. The third-order valence-electron chi connectivity index (χ3n) is 2.00. The second kappa shape index (κ2) is 5.43. The van der Waals surface area contributed by atoms with E-state index in [0.29, 0.717) is 0 Å². The first-order valence-corrected chi connectivity index (χ1v) is 6.49. The van der Waals surface area contributed by atoms with E-state index in [4.69, 9.17) is 9.29 Å². The van der Waals surface area contributed by atoms with Crippen LogP contribution in [0.2, 0.25) is 0 Å². The smallest absolute Gasteiger partial charge is 0.297 e. The van der Waals surface area contributed by atoms with Gasteiger partial charge in [0.1, 0.15) is 0 Å². The van der Waals surface area contributed by atoms with Crippen LogP contribution in [0.15, 0.2) is 35.2 Å². The average Bonchev–Trinajstić information content (AvgIpc) is 2.16. The van der Waals surface area contributed by atoms with Crippen LogP contribution < -0.4 is 0 Å². The molecule has 1 aromatic carbocycles. The Labute approximate surface area is 96.0 Å². The zero-order valence-corrected chi connectivity index (χ0v) is 10.1. The van der Waals surface area contributed by atoms with Gasteiger partial charge in [-0.1, -0.05) is 18.2 Å². The summed E-state index contributed by atoms with van der Waals surface area (Å²) in [7, 11) is -3.72. The fourth-order valence-electron chi connectivity index (χ4n) is 1.38. The molecule has 16 heavy (non-hydrogen) atoms. The van der Waals surface area contributed by atoms with E-state index in [1.807, 2.05) is 0 Å². The Morgan fingerprint density at radius 3 is 2.31 bits per heavy atom. The maximum atomic E-state index is 11.7. The molecule has 0 aliphatic rings. The highest BCUT2D eigenvalue weighted by atomic mass is 32.2. The summed E-state index contributed by atoms with van der Waals surface area (Å²) in [6.45, 7) is 3.21. The van der Waals surface area contributed by atoms with Crippen LogP contribution in [0.3, 0.4) is 0 Å². The summed E-state index contributed by atoms with van der Waals surface area (Å²) < 4.78 is 28.4. The second-order valence-corrected chi connectivity index (χ2v) is 5.33. The Bertz CT molecular complexity index is 411. The minimum atomic E-state index is -3.72. The van der Waals surface area contributed by atoms with Gasteiger partial charge in [0.25, 0.3) is 10.1 Å². The van der Waals surface area contributed by atoms with Gasteiger partial charge in [-0.2, -0.15) is 8.42 Å². The van der Waals surface area contributed by atoms with Gasteiger partial charge in [0.15, 0.2) is 0 Å². The normalized spacial score (nSPS) is 15.7. The van der Waals surface area contributed by atoms with E-state index in [0.717, 1.165) is 0 Å². The standard InChI is InChI=1S/C11H16O4S/c1-9(12)8-10(2)15-16(13,14)11-6-4-3-5-7-11/h3-7,9-10,12H,8H2,1-2H3. The fraction of sp³-hybridized carbons (Fsp3) is 0.455. The van der Waals surface area contributed by atoms with Gasteiger partial charge in [-0.25, -0.2) is 0 Å². The van der Waals surface area contributed by atoms with Crippen molar-refractivity contribution < 1.29 is 17.7 Å². The molecule has 0 radical (unpaired) electrons. The van der Waals surface area contributed by atoms with E-state index in [1.165, 1.54) is 12.1 Å². The van der Waals surface area contributed by atoms with Crippen LogP contribution in [-0.4, -0.2) is 25.7 Å². The van der Waals surface area contributed by atoms with E-state index in [2.05, 4.69) is 0 Å². The summed E-state index contributed by atoms with van der Waals surface area (Å²) in [5, 5.41) is 9.12. The number of aliphatic hydroxyl groups excluding tert-OH is 1. The van der Waals surface area contributed by atoms with Crippen LogP contribution >= 0.6 is 0 Å². The molecule has 0 heterocycles. The topological polar surface area (TPSA) is 63.6 Å². The first-order valence-electron chi connectivity index (χ1n) is 5.08. The molecule has 0 aliphatic carbocycles. The molecule has 0 aliphatic heterocycles. The van der Waals surface area contributed by atoms with Crippen molar-refractivity contribution in [3.63, 3.8) is 0 Å². The molecule has 0 aromatic heterocycles. The lowest BCUT2D eigenvalue weighted by molar-refractivity contribution is 0.119. The van der Waals surface area contributed by atoms with E-state index in [-0.39, 0.29) is 11.3 Å². The van der Waals surface area contributed by atoms with Crippen LogP contribution in [0.1, 0.15) is 20.3 Å². The summed E-state index contributed by atoms with van der Waals surface area (Å²) in [6.07, 6.45) is -0.835. The van der Waals surface area contributed by atoms with Crippen molar-refractivity contribution in [3.05, 3.63) is 30.3 Å². The van der Waals surface area contributed by atoms with Crippen molar-refractivity contribution in [1.82, 2.24) is 0 Å². The SMILES string of the molecule is CC(O)CC(C)OS(=O)(=O)c1ccccc1. The largest absolute Gasteiger partial charge is 0.393 e. The molecule has 0 bridgehead atoms. The lowest BCUT2D eigenvalue weighted by Crippen LogP contribution is -2.19. The molecule has 90 valence electrons. The van der Waals surface area contributed by atoms with Crippen LogP contribution in [0.25, 0.3) is 0 Å². The van der Waals surface area contributed by atoms with Gasteiger partial charge in [0, 0.05) is 6.42 Å². The molecule has 0 saturated heterocycles. The molecule has 1 aromatic rings. The fourth-order valence-corrected chi connectivity index (χ4v) is 2.49. The predicted octanol–water partition coefficient (Wildman–Crippen LogP) is 1.55. The van der Waals surface area contributed by atoms with Gasteiger partial charge in [-0.15, -0.1) is 0 Å². The highest BCUT2D eigenvalue weighted by molar-refractivity contribution is 7.86. The molecule has 0 saturated carbocycles. The molecule has 2 atom stereocenters. The van der Waals surface area contributed by atoms with Crippen molar-refractivity contribution in [2.45, 2.75) is 37.4 Å². The number of benzene rings is 1.